The normalized spacial score (nSPS) is 27.9. The molecule has 2 aliphatic rings. The van der Waals surface area contributed by atoms with Crippen LogP contribution >= 0.6 is 0 Å². The van der Waals surface area contributed by atoms with E-state index in [1.54, 1.807) is 0 Å². The minimum Gasteiger partial charge on any atom is -0.336 e. The van der Waals surface area contributed by atoms with Crippen molar-refractivity contribution in [3.63, 3.8) is 0 Å². The van der Waals surface area contributed by atoms with E-state index in [1.165, 1.54) is 6.42 Å². The summed E-state index contributed by atoms with van der Waals surface area (Å²) in [5.41, 5.74) is 0.869. The van der Waals surface area contributed by atoms with Gasteiger partial charge < -0.3 is 4.90 Å². The van der Waals surface area contributed by atoms with E-state index in [4.69, 9.17) is 0 Å². The molecule has 3 atom stereocenters. The van der Waals surface area contributed by atoms with Gasteiger partial charge in [-0.2, -0.15) is 0 Å². The minimum atomic E-state index is 0.178. The summed E-state index contributed by atoms with van der Waals surface area (Å²) in [6.07, 6.45) is 7.61. The number of piperidine rings is 1. The number of likely N-dealkylation sites (tertiary alicyclic amines) is 2. The van der Waals surface area contributed by atoms with E-state index in [2.05, 4.69) is 38.2 Å². The number of hydrogen-bond donors (Lipinski definition) is 0. The first-order valence-electron chi connectivity index (χ1n) is 9.50. The van der Waals surface area contributed by atoms with Crippen molar-refractivity contribution in [2.24, 2.45) is 0 Å². The third kappa shape index (κ3) is 3.03. The van der Waals surface area contributed by atoms with Gasteiger partial charge in [0, 0.05) is 18.3 Å². The SMILES string of the molecule is CC1CCCC(C)N1C(=O)CN1CCCC1c1nnc2ccccn12. The van der Waals surface area contributed by atoms with Crippen molar-refractivity contribution in [1.29, 1.82) is 0 Å². The average molecular weight is 341 g/mol. The smallest absolute Gasteiger partial charge is 0.237 e. The number of rotatable bonds is 3. The Balaban J connectivity index is 1.53. The molecule has 134 valence electrons. The fourth-order valence-electron chi connectivity index (χ4n) is 4.56. The molecule has 2 saturated heterocycles. The molecule has 3 unspecified atom stereocenters. The molecule has 2 aliphatic heterocycles. The third-order valence-electron chi connectivity index (χ3n) is 5.82. The van der Waals surface area contributed by atoms with Gasteiger partial charge in [0.15, 0.2) is 11.5 Å². The highest BCUT2D eigenvalue weighted by molar-refractivity contribution is 5.79. The van der Waals surface area contributed by atoms with Crippen molar-refractivity contribution in [3.8, 4) is 0 Å². The highest BCUT2D eigenvalue weighted by Gasteiger charge is 2.35. The molecule has 0 aliphatic carbocycles. The third-order valence-corrected chi connectivity index (χ3v) is 5.82. The van der Waals surface area contributed by atoms with Crippen molar-refractivity contribution in [1.82, 2.24) is 24.4 Å². The second-order valence-electron chi connectivity index (χ2n) is 7.55. The summed E-state index contributed by atoms with van der Waals surface area (Å²) in [5.74, 6) is 1.22. The predicted molar refractivity (Wildman–Crippen MR) is 96.2 cm³/mol. The van der Waals surface area contributed by atoms with Crippen molar-refractivity contribution >= 4 is 11.6 Å². The molecule has 0 N–H and O–H groups in total. The molecule has 2 fully saturated rings. The molecule has 0 spiro atoms. The van der Waals surface area contributed by atoms with Crippen LogP contribution in [0.15, 0.2) is 24.4 Å². The van der Waals surface area contributed by atoms with Gasteiger partial charge in [0.05, 0.1) is 12.6 Å². The first kappa shape index (κ1) is 16.5. The van der Waals surface area contributed by atoms with Gasteiger partial charge in [-0.3, -0.25) is 14.1 Å². The van der Waals surface area contributed by atoms with Crippen LogP contribution in [0.25, 0.3) is 5.65 Å². The first-order chi connectivity index (χ1) is 12.1. The molecule has 0 radical (unpaired) electrons. The van der Waals surface area contributed by atoms with Crippen LogP contribution in [0.4, 0.5) is 0 Å². The predicted octanol–water partition coefficient (Wildman–Crippen LogP) is 2.66. The summed E-state index contributed by atoms with van der Waals surface area (Å²) >= 11 is 0. The first-order valence-corrected chi connectivity index (χ1v) is 9.50. The Kier molecular flexibility index (Phi) is 4.46. The zero-order valence-electron chi connectivity index (χ0n) is 15.1. The van der Waals surface area contributed by atoms with Crippen molar-refractivity contribution in [3.05, 3.63) is 30.2 Å². The number of carbonyl (C=O) groups is 1. The van der Waals surface area contributed by atoms with Crippen LogP contribution in [0.5, 0.6) is 0 Å². The van der Waals surface area contributed by atoms with E-state index < -0.39 is 0 Å². The average Bonchev–Trinajstić information content (AvgIpc) is 3.21. The minimum absolute atomic E-state index is 0.178. The van der Waals surface area contributed by atoms with E-state index in [1.807, 2.05) is 24.4 Å². The largest absolute Gasteiger partial charge is 0.336 e. The van der Waals surface area contributed by atoms with Crippen molar-refractivity contribution < 1.29 is 4.79 Å². The number of nitrogens with zero attached hydrogens (tertiary/aromatic N) is 5. The van der Waals surface area contributed by atoms with E-state index in [0.29, 0.717) is 18.6 Å². The highest BCUT2D eigenvalue weighted by atomic mass is 16.2. The van der Waals surface area contributed by atoms with Gasteiger partial charge >= 0.3 is 0 Å². The second kappa shape index (κ2) is 6.75. The maximum atomic E-state index is 13.0. The van der Waals surface area contributed by atoms with Crippen LogP contribution < -0.4 is 0 Å². The van der Waals surface area contributed by atoms with Gasteiger partial charge in [-0.15, -0.1) is 10.2 Å². The van der Waals surface area contributed by atoms with E-state index in [0.717, 1.165) is 43.7 Å². The molecule has 2 aromatic heterocycles. The van der Waals surface area contributed by atoms with Crippen LogP contribution in [0.2, 0.25) is 0 Å². The monoisotopic (exact) mass is 341 g/mol. The molecular weight excluding hydrogens is 314 g/mol. The molecule has 0 bridgehead atoms. The number of amides is 1. The number of pyridine rings is 1. The Morgan fingerprint density at radius 3 is 2.72 bits per heavy atom. The molecule has 4 heterocycles. The maximum absolute atomic E-state index is 13.0. The number of fused-ring (bicyclic) bond motifs is 1. The highest BCUT2D eigenvalue weighted by Crippen LogP contribution is 2.31. The van der Waals surface area contributed by atoms with Crippen LogP contribution in [0.1, 0.15) is 57.8 Å². The van der Waals surface area contributed by atoms with Gasteiger partial charge in [-0.05, 0) is 64.6 Å². The molecule has 6 heteroatoms. The molecule has 25 heavy (non-hydrogen) atoms. The Bertz CT molecular complexity index is 747. The van der Waals surface area contributed by atoms with Gasteiger partial charge in [-0.25, -0.2) is 0 Å². The Morgan fingerprint density at radius 1 is 1.12 bits per heavy atom. The topological polar surface area (TPSA) is 53.7 Å². The van der Waals surface area contributed by atoms with E-state index in [9.17, 15) is 4.79 Å². The molecule has 1 amide bonds. The van der Waals surface area contributed by atoms with Crippen molar-refractivity contribution in [2.75, 3.05) is 13.1 Å². The number of hydrogen-bond acceptors (Lipinski definition) is 4. The summed E-state index contributed by atoms with van der Waals surface area (Å²) in [6.45, 7) is 5.80. The summed E-state index contributed by atoms with van der Waals surface area (Å²) in [7, 11) is 0. The summed E-state index contributed by atoms with van der Waals surface area (Å²) < 4.78 is 2.06. The Hall–Kier alpha value is -1.95. The quantitative estimate of drug-likeness (QED) is 0.861. The standard InChI is InChI=1S/C19H27N5O/c1-14-7-5-8-15(2)24(14)18(25)13-22-11-6-9-16(22)19-21-20-17-10-3-4-12-23(17)19/h3-4,10,12,14-16H,5-9,11,13H2,1-2H3. The number of carbonyl (C=O) groups excluding carboxylic acids is 1. The lowest BCUT2D eigenvalue weighted by atomic mass is 9.97. The van der Waals surface area contributed by atoms with E-state index in [-0.39, 0.29) is 11.9 Å². The molecular formula is C19H27N5O. The molecule has 6 nitrogen and oxygen atoms in total. The zero-order chi connectivity index (χ0) is 17.4. The zero-order valence-corrected chi connectivity index (χ0v) is 15.1. The van der Waals surface area contributed by atoms with Gasteiger partial charge in [0.25, 0.3) is 0 Å². The fraction of sp³-hybridized carbons (Fsp3) is 0.632. The molecule has 2 aromatic rings. The molecule has 0 saturated carbocycles. The second-order valence-corrected chi connectivity index (χ2v) is 7.55. The Morgan fingerprint density at radius 2 is 1.92 bits per heavy atom. The van der Waals surface area contributed by atoms with Crippen LogP contribution in [-0.2, 0) is 4.79 Å². The van der Waals surface area contributed by atoms with Crippen LogP contribution in [-0.4, -0.2) is 55.5 Å². The Labute approximate surface area is 148 Å². The van der Waals surface area contributed by atoms with E-state index >= 15 is 0 Å². The summed E-state index contributed by atoms with van der Waals surface area (Å²) in [6, 6.07) is 6.83. The number of aromatic nitrogens is 3. The van der Waals surface area contributed by atoms with Crippen LogP contribution in [0, 0.1) is 0 Å². The summed E-state index contributed by atoms with van der Waals surface area (Å²) in [4.78, 5) is 17.4. The summed E-state index contributed by atoms with van der Waals surface area (Å²) in [5, 5.41) is 8.71. The lowest BCUT2D eigenvalue weighted by Crippen LogP contribution is -2.51. The fourth-order valence-corrected chi connectivity index (χ4v) is 4.56. The van der Waals surface area contributed by atoms with Gasteiger partial charge in [-0.1, -0.05) is 6.07 Å². The van der Waals surface area contributed by atoms with Gasteiger partial charge in [0.1, 0.15) is 0 Å². The molecule has 4 rings (SSSR count). The lowest BCUT2D eigenvalue weighted by molar-refractivity contribution is -0.138. The lowest BCUT2D eigenvalue weighted by Gasteiger charge is -2.40. The maximum Gasteiger partial charge on any atom is 0.237 e. The van der Waals surface area contributed by atoms with Gasteiger partial charge in [0.2, 0.25) is 5.91 Å². The van der Waals surface area contributed by atoms with Crippen LogP contribution in [0.3, 0.4) is 0 Å². The molecule has 0 aromatic carbocycles. The van der Waals surface area contributed by atoms with Crippen molar-refractivity contribution in [2.45, 2.75) is 64.1 Å².